The van der Waals surface area contributed by atoms with E-state index in [4.69, 9.17) is 16.7 Å². The molecule has 0 saturated carbocycles. The van der Waals surface area contributed by atoms with E-state index in [1.54, 1.807) is 6.20 Å². The molecule has 4 heteroatoms. The highest BCUT2D eigenvalue weighted by Crippen LogP contribution is 2.16. The smallest absolute Gasteiger partial charge is 0.0817 e. The molecular formula is C9H15ClN2O. The molecule has 1 heterocycles. The van der Waals surface area contributed by atoms with Gasteiger partial charge in [-0.05, 0) is 19.3 Å². The summed E-state index contributed by atoms with van der Waals surface area (Å²) in [7, 11) is 0. The van der Waals surface area contributed by atoms with Gasteiger partial charge in [-0.25, -0.2) is 0 Å². The van der Waals surface area contributed by atoms with Crippen LogP contribution in [0.1, 0.15) is 25.5 Å². The van der Waals surface area contributed by atoms with Crippen LogP contribution in [0.3, 0.4) is 0 Å². The van der Waals surface area contributed by atoms with Gasteiger partial charge >= 0.3 is 0 Å². The van der Waals surface area contributed by atoms with Crippen LogP contribution in [0, 0.1) is 0 Å². The maximum atomic E-state index is 8.70. The Kier molecular flexibility index (Phi) is 4.25. The minimum Gasteiger partial charge on any atom is -0.396 e. The summed E-state index contributed by atoms with van der Waals surface area (Å²) in [5.74, 6) is 0. The summed E-state index contributed by atoms with van der Waals surface area (Å²) in [6.45, 7) is 3.20. The molecule has 0 saturated heterocycles. The molecule has 0 fully saturated rings. The molecule has 0 amide bonds. The van der Waals surface area contributed by atoms with Gasteiger partial charge in [0.15, 0.2) is 0 Å². The van der Waals surface area contributed by atoms with Crippen LogP contribution in [0.2, 0.25) is 5.02 Å². The quantitative estimate of drug-likeness (QED) is 0.792. The highest BCUT2D eigenvalue weighted by molar-refractivity contribution is 6.31. The van der Waals surface area contributed by atoms with Crippen LogP contribution in [-0.4, -0.2) is 21.5 Å². The molecular weight excluding hydrogens is 188 g/mol. The van der Waals surface area contributed by atoms with Gasteiger partial charge in [0.05, 0.1) is 16.9 Å². The second kappa shape index (κ2) is 5.25. The predicted octanol–water partition coefficient (Wildman–Crippen LogP) is 1.87. The lowest BCUT2D eigenvalue weighted by Gasteiger charge is -2.05. The van der Waals surface area contributed by atoms with Crippen LogP contribution >= 0.6 is 11.6 Å². The SMILES string of the molecule is CCCn1ncc(Cl)c1CCCO. The summed E-state index contributed by atoms with van der Waals surface area (Å²) >= 11 is 5.95. The van der Waals surface area contributed by atoms with Crippen molar-refractivity contribution in [3.05, 3.63) is 16.9 Å². The lowest BCUT2D eigenvalue weighted by molar-refractivity contribution is 0.287. The molecule has 3 nitrogen and oxygen atoms in total. The van der Waals surface area contributed by atoms with Crippen LogP contribution in [-0.2, 0) is 13.0 Å². The third-order valence-corrected chi connectivity index (χ3v) is 2.22. The Morgan fingerprint density at radius 1 is 1.62 bits per heavy atom. The van der Waals surface area contributed by atoms with Crippen LogP contribution in [0.5, 0.6) is 0 Å². The maximum Gasteiger partial charge on any atom is 0.0817 e. The molecule has 1 N–H and O–H groups in total. The number of aryl methyl sites for hydroxylation is 1. The zero-order valence-electron chi connectivity index (χ0n) is 7.83. The molecule has 0 bridgehead atoms. The molecule has 0 radical (unpaired) electrons. The number of aliphatic hydroxyl groups excluding tert-OH is 1. The Bertz CT molecular complexity index is 260. The Labute approximate surface area is 83.3 Å². The van der Waals surface area contributed by atoms with E-state index >= 15 is 0 Å². The van der Waals surface area contributed by atoms with Gasteiger partial charge in [-0.1, -0.05) is 18.5 Å². The Morgan fingerprint density at radius 3 is 3.00 bits per heavy atom. The number of aromatic nitrogens is 2. The van der Waals surface area contributed by atoms with Crippen molar-refractivity contribution in [2.75, 3.05) is 6.61 Å². The second-order valence-electron chi connectivity index (χ2n) is 2.99. The fourth-order valence-corrected chi connectivity index (χ4v) is 1.52. The summed E-state index contributed by atoms with van der Waals surface area (Å²) < 4.78 is 1.91. The number of hydrogen-bond acceptors (Lipinski definition) is 2. The van der Waals surface area contributed by atoms with Crippen LogP contribution in [0.4, 0.5) is 0 Å². The molecule has 0 atom stereocenters. The zero-order chi connectivity index (χ0) is 9.68. The molecule has 0 spiro atoms. The molecule has 0 unspecified atom stereocenters. The van der Waals surface area contributed by atoms with Crippen molar-refractivity contribution in [3.8, 4) is 0 Å². The summed E-state index contributed by atoms with van der Waals surface area (Å²) in [6.07, 6.45) is 4.26. The van der Waals surface area contributed by atoms with Gasteiger partial charge in [-0.3, -0.25) is 4.68 Å². The fraction of sp³-hybridized carbons (Fsp3) is 0.667. The van der Waals surface area contributed by atoms with E-state index in [0.717, 1.165) is 31.5 Å². The molecule has 74 valence electrons. The first kappa shape index (κ1) is 10.5. The number of halogens is 1. The van der Waals surface area contributed by atoms with E-state index in [-0.39, 0.29) is 6.61 Å². The molecule has 1 aromatic rings. The van der Waals surface area contributed by atoms with E-state index in [0.29, 0.717) is 5.02 Å². The minimum absolute atomic E-state index is 0.202. The van der Waals surface area contributed by atoms with Gasteiger partial charge in [0.2, 0.25) is 0 Å². The lowest BCUT2D eigenvalue weighted by Crippen LogP contribution is -2.05. The normalized spacial score (nSPS) is 10.7. The van der Waals surface area contributed by atoms with Gasteiger partial charge in [0, 0.05) is 13.2 Å². The Morgan fingerprint density at radius 2 is 2.38 bits per heavy atom. The average Bonchev–Trinajstić information content (AvgIpc) is 2.45. The van der Waals surface area contributed by atoms with Crippen molar-refractivity contribution in [2.45, 2.75) is 32.7 Å². The Balaban J connectivity index is 2.69. The van der Waals surface area contributed by atoms with E-state index in [9.17, 15) is 0 Å². The van der Waals surface area contributed by atoms with Crippen molar-refractivity contribution in [2.24, 2.45) is 0 Å². The van der Waals surface area contributed by atoms with E-state index in [1.807, 2.05) is 4.68 Å². The van der Waals surface area contributed by atoms with E-state index in [2.05, 4.69) is 12.0 Å². The van der Waals surface area contributed by atoms with Crippen molar-refractivity contribution < 1.29 is 5.11 Å². The van der Waals surface area contributed by atoms with Crippen molar-refractivity contribution in [3.63, 3.8) is 0 Å². The number of hydrogen-bond donors (Lipinski definition) is 1. The van der Waals surface area contributed by atoms with Crippen molar-refractivity contribution >= 4 is 11.6 Å². The first-order valence-corrected chi connectivity index (χ1v) is 4.98. The molecule has 0 aliphatic carbocycles. The molecule has 0 aliphatic heterocycles. The number of aliphatic hydroxyl groups is 1. The summed E-state index contributed by atoms with van der Waals surface area (Å²) in [6, 6.07) is 0. The highest BCUT2D eigenvalue weighted by Gasteiger charge is 2.07. The van der Waals surface area contributed by atoms with Crippen molar-refractivity contribution in [1.82, 2.24) is 9.78 Å². The summed E-state index contributed by atoms with van der Waals surface area (Å²) in [4.78, 5) is 0. The first-order chi connectivity index (χ1) is 6.29. The third-order valence-electron chi connectivity index (χ3n) is 1.90. The van der Waals surface area contributed by atoms with Crippen molar-refractivity contribution in [1.29, 1.82) is 0 Å². The van der Waals surface area contributed by atoms with Crippen LogP contribution < -0.4 is 0 Å². The largest absolute Gasteiger partial charge is 0.396 e. The fourth-order valence-electron chi connectivity index (χ4n) is 1.29. The van der Waals surface area contributed by atoms with Gasteiger partial charge in [-0.2, -0.15) is 5.10 Å². The van der Waals surface area contributed by atoms with Gasteiger partial charge in [0.1, 0.15) is 0 Å². The first-order valence-electron chi connectivity index (χ1n) is 4.60. The third kappa shape index (κ3) is 2.71. The molecule has 0 aliphatic rings. The summed E-state index contributed by atoms with van der Waals surface area (Å²) in [5.41, 5.74) is 1.04. The molecule has 1 aromatic heterocycles. The second-order valence-corrected chi connectivity index (χ2v) is 3.40. The molecule has 13 heavy (non-hydrogen) atoms. The average molecular weight is 203 g/mol. The number of nitrogens with zero attached hydrogens (tertiary/aromatic N) is 2. The predicted molar refractivity (Wildman–Crippen MR) is 52.9 cm³/mol. The Hall–Kier alpha value is -0.540. The number of rotatable bonds is 5. The van der Waals surface area contributed by atoms with Gasteiger partial charge in [-0.15, -0.1) is 0 Å². The van der Waals surface area contributed by atoms with Gasteiger partial charge in [0.25, 0.3) is 0 Å². The van der Waals surface area contributed by atoms with Crippen LogP contribution in [0.25, 0.3) is 0 Å². The lowest BCUT2D eigenvalue weighted by atomic mass is 10.2. The monoisotopic (exact) mass is 202 g/mol. The highest BCUT2D eigenvalue weighted by atomic mass is 35.5. The molecule has 1 rings (SSSR count). The van der Waals surface area contributed by atoms with Gasteiger partial charge < -0.3 is 5.11 Å². The molecule has 0 aromatic carbocycles. The topological polar surface area (TPSA) is 38.0 Å². The zero-order valence-corrected chi connectivity index (χ0v) is 8.59. The van der Waals surface area contributed by atoms with Crippen LogP contribution in [0.15, 0.2) is 6.20 Å². The minimum atomic E-state index is 0.202. The maximum absolute atomic E-state index is 8.70. The standard InChI is InChI=1S/C9H15ClN2O/c1-2-5-12-9(4-3-6-13)8(10)7-11-12/h7,13H,2-6H2,1H3. The van der Waals surface area contributed by atoms with E-state index < -0.39 is 0 Å². The summed E-state index contributed by atoms with van der Waals surface area (Å²) in [5, 5.41) is 13.6. The van der Waals surface area contributed by atoms with E-state index in [1.165, 1.54) is 0 Å².